The van der Waals surface area contributed by atoms with Gasteiger partial charge in [-0.1, -0.05) is 29.8 Å². The van der Waals surface area contributed by atoms with Crippen LogP contribution in [0.25, 0.3) is 5.69 Å². The zero-order chi connectivity index (χ0) is 23.6. The predicted octanol–water partition coefficient (Wildman–Crippen LogP) is 1.92. The average Bonchev–Trinajstić information content (AvgIpc) is 3.26. The summed E-state index contributed by atoms with van der Waals surface area (Å²) in [5, 5.41) is 9.56. The van der Waals surface area contributed by atoms with Gasteiger partial charge in [-0.2, -0.15) is 5.10 Å². The minimum Gasteiger partial charge on any atom is -0.497 e. The van der Waals surface area contributed by atoms with E-state index in [1.165, 1.54) is 4.68 Å². The number of aromatic nitrogens is 2. The number of hydrogen-bond donors (Lipinski definition) is 2. The lowest BCUT2D eigenvalue weighted by Gasteiger charge is -2.11. The van der Waals surface area contributed by atoms with E-state index in [0.29, 0.717) is 23.4 Å². The second-order valence-electron chi connectivity index (χ2n) is 7.86. The Bertz CT molecular complexity index is 1300. The second-order valence-corrected chi connectivity index (χ2v) is 9.93. The van der Waals surface area contributed by atoms with Crippen molar-refractivity contribution in [3.8, 4) is 11.4 Å². The van der Waals surface area contributed by atoms with Gasteiger partial charge >= 0.3 is 11.8 Å². The van der Waals surface area contributed by atoms with Gasteiger partial charge in [-0.3, -0.25) is 9.59 Å². The van der Waals surface area contributed by atoms with Gasteiger partial charge in [0.1, 0.15) is 11.6 Å². The first-order chi connectivity index (χ1) is 15.8. The Morgan fingerprint density at radius 2 is 1.73 bits per heavy atom. The quantitative estimate of drug-likeness (QED) is 0.534. The van der Waals surface area contributed by atoms with Gasteiger partial charge in [-0.05, 0) is 43.2 Å². The Morgan fingerprint density at radius 1 is 1.03 bits per heavy atom. The van der Waals surface area contributed by atoms with Gasteiger partial charge in [0.2, 0.25) is 0 Å². The molecule has 0 aliphatic carbocycles. The van der Waals surface area contributed by atoms with Crippen LogP contribution in [0.3, 0.4) is 0 Å². The number of benzene rings is 2. The van der Waals surface area contributed by atoms with E-state index in [1.54, 1.807) is 7.11 Å². The third kappa shape index (κ3) is 5.06. The van der Waals surface area contributed by atoms with E-state index in [0.717, 1.165) is 16.9 Å². The van der Waals surface area contributed by atoms with Gasteiger partial charge in [0.25, 0.3) is 0 Å². The number of methoxy groups -OCH3 is 1. The zero-order valence-corrected chi connectivity index (χ0v) is 19.1. The van der Waals surface area contributed by atoms with Gasteiger partial charge in [-0.15, -0.1) is 0 Å². The second kappa shape index (κ2) is 9.07. The van der Waals surface area contributed by atoms with E-state index in [2.05, 4.69) is 15.7 Å². The first-order valence-electron chi connectivity index (χ1n) is 10.4. The summed E-state index contributed by atoms with van der Waals surface area (Å²) in [6.07, 6.45) is 0.540. The molecule has 0 saturated heterocycles. The molecule has 33 heavy (non-hydrogen) atoms. The van der Waals surface area contributed by atoms with Crippen LogP contribution < -0.4 is 15.4 Å². The molecule has 0 spiro atoms. The van der Waals surface area contributed by atoms with Crippen LogP contribution in [0.4, 0.5) is 5.82 Å². The largest absolute Gasteiger partial charge is 0.497 e. The molecule has 0 bridgehead atoms. The molecule has 3 aromatic rings. The third-order valence-electron chi connectivity index (χ3n) is 5.36. The summed E-state index contributed by atoms with van der Waals surface area (Å²) >= 11 is 0. The maximum absolute atomic E-state index is 12.6. The van der Waals surface area contributed by atoms with Crippen LogP contribution in [0, 0.1) is 6.92 Å². The minimum atomic E-state index is -3.33. The molecule has 1 aromatic heterocycles. The lowest BCUT2D eigenvalue weighted by Crippen LogP contribution is -2.37. The fraction of sp³-hybridized carbons (Fsp3) is 0.261. The summed E-state index contributed by atoms with van der Waals surface area (Å²) in [5.74, 6) is -1.19. The van der Waals surface area contributed by atoms with E-state index in [-0.39, 0.29) is 23.9 Å². The molecule has 10 heteroatoms. The van der Waals surface area contributed by atoms with Crippen LogP contribution in [-0.2, 0) is 37.4 Å². The topological polar surface area (TPSA) is 119 Å². The number of sulfone groups is 1. The van der Waals surface area contributed by atoms with E-state index < -0.39 is 21.7 Å². The smallest absolute Gasteiger partial charge is 0.314 e. The molecule has 0 fully saturated rings. The Balaban J connectivity index is 1.47. The number of anilines is 1. The number of rotatable bonds is 6. The van der Waals surface area contributed by atoms with Gasteiger partial charge in [0.05, 0.1) is 30.0 Å². The zero-order valence-electron chi connectivity index (χ0n) is 18.3. The van der Waals surface area contributed by atoms with E-state index >= 15 is 0 Å². The molecule has 1 aliphatic rings. The van der Waals surface area contributed by atoms with Crippen molar-refractivity contribution in [2.24, 2.45) is 0 Å². The number of carbonyl (C=O) groups is 2. The Kier molecular flexibility index (Phi) is 6.19. The van der Waals surface area contributed by atoms with Crippen LogP contribution in [-0.4, -0.2) is 43.7 Å². The molecular weight excluding hydrogens is 444 g/mol. The van der Waals surface area contributed by atoms with Crippen LogP contribution in [0.15, 0.2) is 48.5 Å². The molecule has 2 aromatic carbocycles. The highest BCUT2D eigenvalue weighted by Crippen LogP contribution is 2.33. The summed E-state index contributed by atoms with van der Waals surface area (Å²) in [4.78, 5) is 25.0. The number of ether oxygens (including phenoxy) is 1. The van der Waals surface area contributed by atoms with Gasteiger partial charge in [0, 0.05) is 12.1 Å². The normalized spacial score (nSPS) is 13.9. The summed E-state index contributed by atoms with van der Waals surface area (Å²) < 4.78 is 30.8. The highest BCUT2D eigenvalue weighted by molar-refractivity contribution is 7.90. The van der Waals surface area contributed by atoms with Crippen LogP contribution in [0.5, 0.6) is 5.75 Å². The summed E-state index contributed by atoms with van der Waals surface area (Å²) in [6.45, 7) is 2.21. The molecule has 2 heterocycles. The van der Waals surface area contributed by atoms with E-state index in [9.17, 15) is 18.0 Å². The van der Waals surface area contributed by atoms with Crippen molar-refractivity contribution in [2.75, 3.05) is 19.0 Å². The van der Waals surface area contributed by atoms with E-state index in [4.69, 9.17) is 4.74 Å². The number of amides is 2. The number of nitrogens with one attached hydrogen (secondary N) is 2. The lowest BCUT2D eigenvalue weighted by atomic mass is 10.1. The van der Waals surface area contributed by atoms with Crippen molar-refractivity contribution in [1.82, 2.24) is 15.1 Å². The molecule has 172 valence electrons. The van der Waals surface area contributed by atoms with Gasteiger partial charge < -0.3 is 15.4 Å². The number of fused-ring (bicyclic) bond motifs is 1. The summed E-state index contributed by atoms with van der Waals surface area (Å²) in [5.41, 5.74) is 3.48. The van der Waals surface area contributed by atoms with Crippen LogP contribution in [0.1, 0.15) is 22.4 Å². The minimum absolute atomic E-state index is 0.196. The molecular formula is C23H24N4O5S. The van der Waals surface area contributed by atoms with Gasteiger partial charge in [-0.25, -0.2) is 13.1 Å². The van der Waals surface area contributed by atoms with Crippen molar-refractivity contribution in [1.29, 1.82) is 0 Å². The fourth-order valence-corrected chi connectivity index (χ4v) is 5.09. The molecule has 4 rings (SSSR count). The monoisotopic (exact) mass is 468 g/mol. The molecule has 0 radical (unpaired) electrons. The molecule has 2 amide bonds. The first kappa shape index (κ1) is 22.5. The predicted molar refractivity (Wildman–Crippen MR) is 123 cm³/mol. The molecule has 0 saturated carbocycles. The number of aryl methyl sites for hydroxylation is 1. The highest BCUT2D eigenvalue weighted by atomic mass is 32.2. The maximum Gasteiger partial charge on any atom is 0.314 e. The lowest BCUT2D eigenvalue weighted by molar-refractivity contribution is -0.136. The number of carbonyl (C=O) groups excluding carboxylic acids is 2. The fourth-order valence-electron chi connectivity index (χ4n) is 3.60. The standard InChI is InChI=1S/C23H24N4O5S/c1-15-3-7-17(8-4-15)27-21(19-13-33(30,31)14-20(19)26-27)25-23(29)22(28)24-12-11-16-5-9-18(32-2)10-6-16/h3-10H,11-14H2,1-2H3,(H,24,28)(H,25,29). The molecule has 0 unspecified atom stereocenters. The Labute approximate surface area is 191 Å². The number of hydrogen-bond acceptors (Lipinski definition) is 6. The van der Waals surface area contributed by atoms with Crippen molar-refractivity contribution in [3.05, 3.63) is 70.9 Å². The molecule has 1 aliphatic heterocycles. The van der Waals surface area contributed by atoms with Crippen molar-refractivity contribution < 1.29 is 22.7 Å². The average molecular weight is 469 g/mol. The molecule has 9 nitrogen and oxygen atoms in total. The SMILES string of the molecule is COc1ccc(CCNC(=O)C(=O)Nc2c3c(nn2-c2ccc(C)cc2)CS(=O)(=O)C3)cc1. The number of nitrogens with zero attached hydrogens (tertiary/aromatic N) is 2. The van der Waals surface area contributed by atoms with Gasteiger partial charge in [0.15, 0.2) is 9.84 Å². The Hall–Kier alpha value is -3.66. The third-order valence-corrected chi connectivity index (χ3v) is 6.80. The Morgan fingerprint density at radius 3 is 2.39 bits per heavy atom. The van der Waals surface area contributed by atoms with Crippen LogP contribution >= 0.6 is 0 Å². The maximum atomic E-state index is 12.6. The summed E-state index contributed by atoms with van der Waals surface area (Å²) in [6, 6.07) is 14.8. The first-order valence-corrected chi connectivity index (χ1v) is 12.2. The molecule has 2 N–H and O–H groups in total. The van der Waals surface area contributed by atoms with E-state index in [1.807, 2.05) is 55.5 Å². The summed E-state index contributed by atoms with van der Waals surface area (Å²) in [7, 11) is -1.75. The van der Waals surface area contributed by atoms with Crippen LogP contribution in [0.2, 0.25) is 0 Å². The highest BCUT2D eigenvalue weighted by Gasteiger charge is 2.33. The molecule has 0 atom stereocenters. The van der Waals surface area contributed by atoms with Crippen molar-refractivity contribution >= 4 is 27.5 Å². The van der Waals surface area contributed by atoms with Crippen molar-refractivity contribution in [2.45, 2.75) is 24.9 Å². The van der Waals surface area contributed by atoms with Crippen molar-refractivity contribution in [3.63, 3.8) is 0 Å².